The first kappa shape index (κ1) is 40.6. The van der Waals surface area contributed by atoms with E-state index < -0.39 is 30.1 Å². The third-order valence-electron chi connectivity index (χ3n) is 10.8. The Morgan fingerprint density at radius 2 is 1.60 bits per heavy atom. The summed E-state index contributed by atoms with van der Waals surface area (Å²) in [5.74, 6) is 1.04. The molecule has 2 aliphatic rings. The van der Waals surface area contributed by atoms with Crippen LogP contribution in [0, 0.1) is 5.92 Å². The third kappa shape index (κ3) is 11.9. The Kier molecular flexibility index (Phi) is 13.8. The molecule has 2 heterocycles. The van der Waals surface area contributed by atoms with Gasteiger partial charge in [0.1, 0.15) is 5.75 Å². The van der Waals surface area contributed by atoms with Crippen LogP contribution in [-0.2, 0) is 38.3 Å². The topological polar surface area (TPSA) is 81.7 Å². The van der Waals surface area contributed by atoms with Crippen LogP contribution in [0.15, 0.2) is 36.4 Å². The molecule has 0 spiro atoms. The summed E-state index contributed by atoms with van der Waals surface area (Å²) in [7, 11) is -5.93. The lowest BCUT2D eigenvalue weighted by atomic mass is 9.86. The van der Waals surface area contributed by atoms with E-state index in [2.05, 4.69) is 93.7 Å². The van der Waals surface area contributed by atoms with E-state index in [1.807, 2.05) is 24.3 Å². The highest BCUT2D eigenvalue weighted by molar-refractivity contribution is 7.48. The first-order valence-electron chi connectivity index (χ1n) is 17.4. The summed E-state index contributed by atoms with van der Waals surface area (Å²) in [5, 5.41) is 0.185. The van der Waals surface area contributed by atoms with Crippen LogP contribution in [0.1, 0.15) is 93.1 Å². The van der Waals surface area contributed by atoms with E-state index in [4.69, 9.17) is 31.9 Å². The van der Waals surface area contributed by atoms with E-state index in [1.54, 1.807) is 7.11 Å². The molecule has 3 rings (SSSR count). The van der Waals surface area contributed by atoms with Gasteiger partial charge in [0.05, 0.1) is 44.2 Å². The van der Waals surface area contributed by atoms with E-state index in [1.165, 1.54) is 0 Å². The van der Waals surface area contributed by atoms with Gasteiger partial charge in [0.2, 0.25) is 0 Å². The molecule has 2 bridgehead atoms. The normalized spacial score (nSPS) is 25.1. The number of rotatable bonds is 16. The molecule has 270 valence electrons. The Balaban J connectivity index is 1.83. The second-order valence-corrected chi connectivity index (χ2v) is 28.0. The summed E-state index contributed by atoms with van der Waals surface area (Å²) in [6.45, 7) is 28.8. The minimum Gasteiger partial charge on any atom is -0.497 e. The molecular weight excluding hydrogens is 648 g/mol. The lowest BCUT2D eigenvalue weighted by molar-refractivity contribution is -0.0880. The second kappa shape index (κ2) is 16.0. The summed E-state index contributed by atoms with van der Waals surface area (Å²) in [5.41, 5.74) is 0.609. The first-order chi connectivity index (χ1) is 21.6. The zero-order valence-electron chi connectivity index (χ0n) is 31.6. The minimum absolute atomic E-state index is 0.0427. The van der Waals surface area contributed by atoms with Crippen molar-refractivity contribution in [2.45, 2.75) is 154 Å². The van der Waals surface area contributed by atoms with Gasteiger partial charge in [0, 0.05) is 19.4 Å². The molecule has 6 atom stereocenters. The van der Waals surface area contributed by atoms with Crippen LogP contribution in [0.3, 0.4) is 0 Å². The fraction of sp³-hybridized carbons (Fsp3) is 0.778. The number of fused-ring (bicyclic) bond motifs is 2. The molecule has 0 N–H and O–H groups in total. The molecule has 1 saturated heterocycles. The Morgan fingerprint density at radius 1 is 0.957 bits per heavy atom. The van der Waals surface area contributed by atoms with Gasteiger partial charge in [-0.2, -0.15) is 0 Å². The van der Waals surface area contributed by atoms with E-state index in [0.717, 1.165) is 37.0 Å². The van der Waals surface area contributed by atoms with Gasteiger partial charge in [-0.15, -0.1) is 0 Å². The van der Waals surface area contributed by atoms with Crippen molar-refractivity contribution in [1.29, 1.82) is 0 Å². The van der Waals surface area contributed by atoms with Crippen LogP contribution in [0.25, 0.3) is 0 Å². The number of methoxy groups -OCH3 is 1. The van der Waals surface area contributed by atoms with E-state index in [-0.39, 0.29) is 40.9 Å². The predicted octanol–water partition coefficient (Wildman–Crippen LogP) is 10.4. The number of benzene rings is 1. The maximum Gasteiger partial charge on any atom is 0.475 e. The quantitative estimate of drug-likeness (QED) is 0.0952. The van der Waals surface area contributed by atoms with Crippen LogP contribution in [0.4, 0.5) is 0 Å². The van der Waals surface area contributed by atoms with Crippen LogP contribution < -0.4 is 4.74 Å². The van der Waals surface area contributed by atoms with Gasteiger partial charge in [-0.25, -0.2) is 4.57 Å². The lowest BCUT2D eigenvalue weighted by Gasteiger charge is -2.44. The van der Waals surface area contributed by atoms with Crippen molar-refractivity contribution in [1.82, 2.24) is 0 Å². The molecular formula is C36H65O8PSi2. The van der Waals surface area contributed by atoms with Crippen LogP contribution >= 0.6 is 7.82 Å². The molecule has 1 aromatic rings. The van der Waals surface area contributed by atoms with Gasteiger partial charge in [-0.3, -0.25) is 13.6 Å². The standard InChI is InChI=1S/C36H65O8PSi2/c1-28(16-19-32-25-31-15-14-23-40-45(37,42-31)43-32)33(44-47(12,13)35(5,6)7)26-36(8,22-24-41-46(10,11)34(2,3)4)39-27-29-17-20-30(38-9)21-18-29/h14-15,17-18,20-21,28,31-33H,16,19,22-27H2,1-13H3/t28-,31+,32-,33+,36-,45?/m1/s1. The molecule has 11 heteroatoms. The highest BCUT2D eigenvalue weighted by Crippen LogP contribution is 2.57. The lowest BCUT2D eigenvalue weighted by Crippen LogP contribution is -2.48. The van der Waals surface area contributed by atoms with Crippen molar-refractivity contribution in [3.05, 3.63) is 42.0 Å². The van der Waals surface area contributed by atoms with Crippen molar-refractivity contribution in [3.63, 3.8) is 0 Å². The predicted molar refractivity (Wildman–Crippen MR) is 196 cm³/mol. The Hall–Kier alpha value is -0.816. The number of phosphoric ester groups is 1. The molecule has 1 unspecified atom stereocenters. The van der Waals surface area contributed by atoms with Crippen LogP contribution in [-0.4, -0.2) is 60.9 Å². The van der Waals surface area contributed by atoms with Gasteiger partial charge < -0.3 is 18.3 Å². The summed E-state index contributed by atoms with van der Waals surface area (Å²) in [6.07, 6.45) is 7.09. The van der Waals surface area contributed by atoms with Crippen LogP contribution in [0.5, 0.6) is 5.75 Å². The molecule has 8 nitrogen and oxygen atoms in total. The molecule has 2 aliphatic heterocycles. The van der Waals surface area contributed by atoms with Gasteiger partial charge >= 0.3 is 7.82 Å². The zero-order valence-corrected chi connectivity index (χ0v) is 34.5. The van der Waals surface area contributed by atoms with Crippen LogP contribution in [0.2, 0.25) is 36.3 Å². The van der Waals surface area contributed by atoms with Crippen molar-refractivity contribution >= 4 is 24.5 Å². The minimum atomic E-state index is -3.54. The van der Waals surface area contributed by atoms with Crippen molar-refractivity contribution in [3.8, 4) is 5.75 Å². The average Bonchev–Trinajstić information content (AvgIpc) is 3.09. The fourth-order valence-electron chi connectivity index (χ4n) is 5.33. The summed E-state index contributed by atoms with van der Waals surface area (Å²) in [4.78, 5) is 0. The van der Waals surface area contributed by atoms with Gasteiger partial charge in [-0.05, 0) is 86.1 Å². The molecule has 0 aromatic heterocycles. The smallest absolute Gasteiger partial charge is 0.475 e. The summed E-state index contributed by atoms with van der Waals surface area (Å²) >= 11 is 0. The number of ether oxygens (including phenoxy) is 2. The average molecular weight is 713 g/mol. The molecule has 0 radical (unpaired) electrons. The maximum atomic E-state index is 13.1. The van der Waals surface area contributed by atoms with Crippen molar-refractivity contribution < 1.29 is 36.5 Å². The van der Waals surface area contributed by atoms with Crippen molar-refractivity contribution in [2.24, 2.45) is 5.92 Å². The van der Waals surface area contributed by atoms with Gasteiger partial charge in [0.15, 0.2) is 16.6 Å². The molecule has 0 amide bonds. The highest BCUT2D eigenvalue weighted by atomic mass is 31.2. The monoisotopic (exact) mass is 712 g/mol. The number of phosphoric acid groups is 1. The van der Waals surface area contributed by atoms with Gasteiger partial charge in [-0.1, -0.05) is 72.8 Å². The largest absolute Gasteiger partial charge is 0.497 e. The number of hydrogen-bond acceptors (Lipinski definition) is 8. The Bertz CT molecular complexity index is 1210. The maximum absolute atomic E-state index is 13.1. The van der Waals surface area contributed by atoms with E-state index >= 15 is 0 Å². The Labute approximate surface area is 288 Å². The van der Waals surface area contributed by atoms with Crippen molar-refractivity contribution in [2.75, 3.05) is 20.3 Å². The third-order valence-corrected chi connectivity index (χ3v) is 21.4. The molecule has 1 fully saturated rings. The molecule has 1 aromatic carbocycles. The molecule has 0 saturated carbocycles. The Morgan fingerprint density at radius 3 is 2.19 bits per heavy atom. The second-order valence-electron chi connectivity index (χ2n) is 16.9. The summed E-state index contributed by atoms with van der Waals surface area (Å²) < 4.78 is 56.2. The van der Waals surface area contributed by atoms with E-state index in [9.17, 15) is 4.57 Å². The summed E-state index contributed by atoms with van der Waals surface area (Å²) in [6, 6.07) is 8.08. The van der Waals surface area contributed by atoms with E-state index in [0.29, 0.717) is 19.6 Å². The SMILES string of the molecule is COc1ccc(CO[C@](C)(CCO[Si](C)(C)C(C)(C)C)C[C@H](O[Si](C)(C)C(C)(C)C)[C@H](C)CC[C@@H]2C[C@@H]3C=CCOP(=O)(O2)O3)cc1. The molecule has 0 aliphatic carbocycles. The first-order valence-corrected chi connectivity index (χ1v) is 24.7. The van der Waals surface area contributed by atoms with Gasteiger partial charge in [0.25, 0.3) is 0 Å². The number of hydrogen-bond donors (Lipinski definition) is 0. The highest BCUT2D eigenvalue weighted by Gasteiger charge is 2.44. The molecule has 47 heavy (non-hydrogen) atoms. The fourth-order valence-corrected chi connectivity index (χ4v) is 9.29. The zero-order chi connectivity index (χ0) is 35.3.